The molecular formula is C16H17ClNO2S. The van der Waals surface area contributed by atoms with E-state index >= 15 is 0 Å². The first-order chi connectivity index (χ1) is 10.1. The number of benzene rings is 2. The third-order valence-electron chi connectivity index (χ3n) is 3.10. The van der Waals surface area contributed by atoms with Gasteiger partial charge in [0.15, 0.2) is 0 Å². The highest BCUT2D eigenvalue weighted by molar-refractivity contribution is 7.89. The standard InChI is InChI=1S/C16H17ClNO2S/c17-16-8-6-15(7-9-16)11-13-21(19,20)18-12-10-14-4-2-1-3-5-14/h2-9,18H,10-13H2. The van der Waals surface area contributed by atoms with Crippen LogP contribution in [-0.4, -0.2) is 20.7 Å². The molecule has 1 radical (unpaired) electrons. The van der Waals surface area contributed by atoms with Crippen molar-refractivity contribution in [2.24, 2.45) is 0 Å². The van der Waals surface area contributed by atoms with Gasteiger partial charge in [0, 0.05) is 11.6 Å². The van der Waals surface area contributed by atoms with E-state index in [0.29, 0.717) is 24.4 Å². The second kappa shape index (κ2) is 7.59. The fourth-order valence-corrected chi connectivity index (χ4v) is 3.10. The molecule has 0 saturated heterocycles. The van der Waals surface area contributed by atoms with Gasteiger partial charge in [0.1, 0.15) is 0 Å². The molecular weight excluding hydrogens is 306 g/mol. The van der Waals surface area contributed by atoms with Crippen molar-refractivity contribution in [2.75, 3.05) is 12.3 Å². The van der Waals surface area contributed by atoms with Gasteiger partial charge in [-0.2, -0.15) is 0 Å². The van der Waals surface area contributed by atoms with Crippen molar-refractivity contribution in [2.45, 2.75) is 12.8 Å². The molecule has 0 unspecified atom stereocenters. The molecule has 0 fully saturated rings. The Morgan fingerprint density at radius 2 is 1.57 bits per heavy atom. The quantitative estimate of drug-likeness (QED) is 0.852. The van der Waals surface area contributed by atoms with E-state index in [1.807, 2.05) is 36.4 Å². The van der Waals surface area contributed by atoms with Gasteiger partial charge in [0.25, 0.3) is 0 Å². The molecule has 0 aliphatic carbocycles. The first-order valence-electron chi connectivity index (χ1n) is 6.72. The largest absolute Gasteiger partial charge is 0.215 e. The molecule has 0 amide bonds. The normalized spacial score (nSPS) is 11.5. The number of halogens is 1. The molecule has 5 heteroatoms. The summed E-state index contributed by atoms with van der Waals surface area (Å²) in [6.45, 7) is 0.410. The SMILES string of the molecule is O=S(=O)(CCc1ccc(Cl)cc1)NCCc1cc[c]cc1. The fraction of sp³-hybridized carbons (Fsp3) is 0.250. The minimum atomic E-state index is -3.25. The van der Waals surface area contributed by atoms with E-state index in [1.165, 1.54) is 0 Å². The van der Waals surface area contributed by atoms with Crippen LogP contribution in [0, 0.1) is 6.07 Å². The maximum atomic E-state index is 11.9. The second-order valence-electron chi connectivity index (χ2n) is 4.75. The molecule has 0 heterocycles. The van der Waals surface area contributed by atoms with Crippen LogP contribution in [0.3, 0.4) is 0 Å². The van der Waals surface area contributed by atoms with Gasteiger partial charge in [-0.1, -0.05) is 48.0 Å². The lowest BCUT2D eigenvalue weighted by atomic mass is 10.2. The summed E-state index contributed by atoms with van der Waals surface area (Å²) >= 11 is 5.80. The van der Waals surface area contributed by atoms with E-state index in [1.54, 1.807) is 12.1 Å². The maximum Gasteiger partial charge on any atom is 0.211 e. The summed E-state index contributed by atoms with van der Waals surface area (Å²) in [5.74, 6) is 0.0806. The summed E-state index contributed by atoms with van der Waals surface area (Å²) in [5, 5.41) is 0.653. The highest BCUT2D eigenvalue weighted by atomic mass is 35.5. The average molecular weight is 323 g/mol. The molecule has 3 nitrogen and oxygen atoms in total. The molecule has 0 spiro atoms. The molecule has 0 aromatic heterocycles. The highest BCUT2D eigenvalue weighted by Gasteiger charge is 2.09. The third kappa shape index (κ3) is 5.87. The molecule has 0 aliphatic rings. The second-order valence-corrected chi connectivity index (χ2v) is 7.11. The zero-order valence-electron chi connectivity index (χ0n) is 11.5. The summed E-state index contributed by atoms with van der Waals surface area (Å²) in [7, 11) is -3.25. The van der Waals surface area contributed by atoms with E-state index in [-0.39, 0.29) is 5.75 Å². The number of hydrogen-bond donors (Lipinski definition) is 1. The monoisotopic (exact) mass is 322 g/mol. The van der Waals surface area contributed by atoms with E-state index in [2.05, 4.69) is 10.8 Å². The summed E-state index contributed by atoms with van der Waals surface area (Å²) in [4.78, 5) is 0. The van der Waals surface area contributed by atoms with Gasteiger partial charge in [0.2, 0.25) is 10.0 Å². The number of nitrogens with one attached hydrogen (secondary N) is 1. The van der Waals surface area contributed by atoms with Crippen LogP contribution < -0.4 is 4.72 Å². The zero-order chi connectivity index (χ0) is 15.1. The van der Waals surface area contributed by atoms with Crippen LogP contribution in [0.2, 0.25) is 5.02 Å². The van der Waals surface area contributed by atoms with Gasteiger partial charge in [-0.05, 0) is 42.2 Å². The predicted molar refractivity (Wildman–Crippen MR) is 85.9 cm³/mol. The summed E-state index contributed by atoms with van der Waals surface area (Å²) in [6.07, 6.45) is 1.15. The van der Waals surface area contributed by atoms with Crippen LogP contribution in [0.4, 0.5) is 0 Å². The van der Waals surface area contributed by atoms with Crippen molar-refractivity contribution >= 4 is 21.6 Å². The molecule has 1 N–H and O–H groups in total. The third-order valence-corrected chi connectivity index (χ3v) is 4.73. The lowest BCUT2D eigenvalue weighted by molar-refractivity contribution is 0.581. The summed E-state index contributed by atoms with van der Waals surface area (Å²) in [5.41, 5.74) is 2.05. The Hall–Kier alpha value is -1.36. The Morgan fingerprint density at radius 1 is 0.952 bits per heavy atom. The van der Waals surface area contributed by atoms with Crippen molar-refractivity contribution in [3.05, 3.63) is 70.7 Å². The highest BCUT2D eigenvalue weighted by Crippen LogP contribution is 2.10. The van der Waals surface area contributed by atoms with Crippen molar-refractivity contribution < 1.29 is 8.42 Å². The van der Waals surface area contributed by atoms with Gasteiger partial charge in [-0.25, -0.2) is 13.1 Å². The van der Waals surface area contributed by atoms with Gasteiger partial charge in [-0.3, -0.25) is 0 Å². The van der Waals surface area contributed by atoms with Crippen LogP contribution in [0.1, 0.15) is 11.1 Å². The zero-order valence-corrected chi connectivity index (χ0v) is 13.1. The lowest BCUT2D eigenvalue weighted by Gasteiger charge is -2.07. The van der Waals surface area contributed by atoms with Gasteiger partial charge < -0.3 is 0 Å². The minimum absolute atomic E-state index is 0.0806. The maximum absolute atomic E-state index is 11.9. The topological polar surface area (TPSA) is 46.2 Å². The fourth-order valence-electron chi connectivity index (χ4n) is 1.91. The Morgan fingerprint density at radius 3 is 2.24 bits per heavy atom. The summed E-state index contributed by atoms with van der Waals surface area (Å²) < 4.78 is 26.5. The Labute approximate surface area is 131 Å². The number of aryl methyl sites for hydroxylation is 1. The van der Waals surface area contributed by atoms with Crippen molar-refractivity contribution in [3.8, 4) is 0 Å². The van der Waals surface area contributed by atoms with Crippen molar-refractivity contribution in [3.63, 3.8) is 0 Å². The smallest absolute Gasteiger partial charge is 0.211 e. The lowest BCUT2D eigenvalue weighted by Crippen LogP contribution is -2.29. The van der Waals surface area contributed by atoms with Gasteiger partial charge in [0.05, 0.1) is 5.75 Å². The van der Waals surface area contributed by atoms with E-state index in [4.69, 9.17) is 11.6 Å². The molecule has 111 valence electrons. The predicted octanol–water partition coefficient (Wildman–Crippen LogP) is 2.84. The minimum Gasteiger partial charge on any atom is -0.215 e. The first kappa shape index (κ1) is 16.0. The van der Waals surface area contributed by atoms with Crippen molar-refractivity contribution in [1.82, 2.24) is 4.72 Å². The molecule has 2 aromatic carbocycles. The molecule has 0 aliphatic heterocycles. The van der Waals surface area contributed by atoms with Crippen molar-refractivity contribution in [1.29, 1.82) is 0 Å². The van der Waals surface area contributed by atoms with Crippen LogP contribution >= 0.6 is 11.6 Å². The first-order valence-corrected chi connectivity index (χ1v) is 8.75. The van der Waals surface area contributed by atoms with E-state index < -0.39 is 10.0 Å². The Kier molecular flexibility index (Phi) is 5.79. The number of rotatable bonds is 7. The van der Waals surface area contributed by atoms with Crippen LogP contribution in [0.5, 0.6) is 0 Å². The molecule has 2 rings (SSSR count). The molecule has 2 aromatic rings. The Bertz CT molecular complexity index is 654. The van der Waals surface area contributed by atoms with Gasteiger partial charge >= 0.3 is 0 Å². The molecule has 0 saturated carbocycles. The number of sulfonamides is 1. The molecule has 21 heavy (non-hydrogen) atoms. The Balaban J connectivity index is 1.78. The molecule has 0 atom stereocenters. The van der Waals surface area contributed by atoms with Crippen LogP contribution in [-0.2, 0) is 22.9 Å². The van der Waals surface area contributed by atoms with E-state index in [9.17, 15) is 8.42 Å². The number of hydrogen-bond acceptors (Lipinski definition) is 2. The van der Waals surface area contributed by atoms with Crippen LogP contribution in [0.25, 0.3) is 0 Å². The average Bonchev–Trinajstić information content (AvgIpc) is 2.48. The molecule has 0 bridgehead atoms. The van der Waals surface area contributed by atoms with Crippen LogP contribution in [0.15, 0.2) is 48.5 Å². The van der Waals surface area contributed by atoms with E-state index in [0.717, 1.165) is 11.1 Å². The van der Waals surface area contributed by atoms with Gasteiger partial charge in [-0.15, -0.1) is 0 Å². The summed E-state index contributed by atoms with van der Waals surface area (Å²) in [6, 6.07) is 17.7.